The van der Waals surface area contributed by atoms with Gasteiger partial charge in [0.05, 0.1) is 17.8 Å². The average molecular weight is 291 g/mol. The Hall–Kier alpha value is -1.95. The number of aromatic carboxylic acids is 1. The second-order valence-electron chi connectivity index (χ2n) is 4.46. The van der Waals surface area contributed by atoms with Crippen molar-refractivity contribution in [3.8, 4) is 0 Å². The minimum absolute atomic E-state index is 0.0742. The van der Waals surface area contributed by atoms with Crippen molar-refractivity contribution in [1.82, 2.24) is 9.78 Å². The lowest BCUT2D eigenvalue weighted by atomic mass is 10.1. The number of benzene rings is 1. The molecule has 20 heavy (non-hydrogen) atoms. The maximum Gasteiger partial charge on any atom is 0.338 e. The van der Waals surface area contributed by atoms with E-state index >= 15 is 0 Å². The van der Waals surface area contributed by atoms with Crippen LogP contribution in [0.3, 0.4) is 0 Å². The van der Waals surface area contributed by atoms with Crippen LogP contribution >= 0.6 is 11.8 Å². The highest BCUT2D eigenvalue weighted by Crippen LogP contribution is 2.27. The number of carboxylic acids is 1. The van der Waals surface area contributed by atoms with Crippen molar-refractivity contribution >= 4 is 23.4 Å². The first-order chi connectivity index (χ1) is 9.61. The largest absolute Gasteiger partial charge is 0.478 e. The fourth-order valence-electron chi connectivity index (χ4n) is 2.04. The number of carbonyl (C=O) groups is 1. The van der Waals surface area contributed by atoms with E-state index in [1.807, 2.05) is 42.3 Å². The number of hydrogen-bond acceptors (Lipinski definition) is 4. The van der Waals surface area contributed by atoms with Gasteiger partial charge in [-0.1, -0.05) is 6.07 Å². The van der Waals surface area contributed by atoms with E-state index in [0.717, 1.165) is 4.90 Å². The normalized spacial score (nSPS) is 12.1. The first-order valence-electron chi connectivity index (χ1n) is 6.26. The van der Waals surface area contributed by atoms with Gasteiger partial charge in [-0.15, -0.1) is 11.8 Å². The minimum atomic E-state index is -0.913. The standard InChI is InChI=1S/C14H17N3O2S/c1-10(9-17-8-4-7-15-17)16-11-5-3-6-12(20-2)13(11)14(18)19/h3-8,10,16H,9H2,1-2H3,(H,18,19). The smallest absolute Gasteiger partial charge is 0.338 e. The number of thioether (sulfide) groups is 1. The van der Waals surface area contributed by atoms with Crippen molar-refractivity contribution in [2.45, 2.75) is 24.4 Å². The van der Waals surface area contributed by atoms with E-state index in [9.17, 15) is 9.90 Å². The van der Waals surface area contributed by atoms with E-state index in [-0.39, 0.29) is 6.04 Å². The van der Waals surface area contributed by atoms with Gasteiger partial charge >= 0.3 is 5.97 Å². The zero-order chi connectivity index (χ0) is 14.5. The lowest BCUT2D eigenvalue weighted by Gasteiger charge is -2.18. The molecule has 5 nitrogen and oxygen atoms in total. The third kappa shape index (κ3) is 3.33. The summed E-state index contributed by atoms with van der Waals surface area (Å²) >= 11 is 1.43. The van der Waals surface area contributed by atoms with E-state index in [4.69, 9.17) is 0 Å². The Morgan fingerprint density at radius 3 is 2.90 bits per heavy atom. The Morgan fingerprint density at radius 2 is 2.30 bits per heavy atom. The SMILES string of the molecule is CSc1cccc(NC(C)Cn2cccn2)c1C(=O)O. The van der Waals surface area contributed by atoms with Crippen LogP contribution in [0, 0.1) is 0 Å². The lowest BCUT2D eigenvalue weighted by Crippen LogP contribution is -2.23. The summed E-state index contributed by atoms with van der Waals surface area (Å²) < 4.78 is 1.82. The van der Waals surface area contributed by atoms with E-state index in [1.165, 1.54) is 11.8 Å². The monoisotopic (exact) mass is 291 g/mol. The molecule has 1 aromatic heterocycles. The third-order valence-corrected chi connectivity index (χ3v) is 3.66. The summed E-state index contributed by atoms with van der Waals surface area (Å²) in [5.41, 5.74) is 0.969. The molecule has 1 atom stereocenters. The van der Waals surface area contributed by atoms with Gasteiger partial charge in [-0.25, -0.2) is 4.79 Å². The number of nitrogens with zero attached hydrogens (tertiary/aromatic N) is 2. The van der Waals surface area contributed by atoms with E-state index in [2.05, 4.69) is 10.4 Å². The first kappa shape index (κ1) is 14.5. The third-order valence-electron chi connectivity index (χ3n) is 2.88. The molecule has 0 amide bonds. The van der Waals surface area contributed by atoms with Crippen molar-refractivity contribution in [3.63, 3.8) is 0 Å². The molecule has 2 rings (SSSR count). The fourth-order valence-corrected chi connectivity index (χ4v) is 2.66. The van der Waals surface area contributed by atoms with Crippen LogP contribution < -0.4 is 5.32 Å². The Kier molecular flexibility index (Phi) is 4.68. The summed E-state index contributed by atoms with van der Waals surface area (Å²) in [6.07, 6.45) is 5.48. The number of hydrogen-bond donors (Lipinski definition) is 2. The van der Waals surface area contributed by atoms with Crippen LogP contribution in [0.5, 0.6) is 0 Å². The van der Waals surface area contributed by atoms with Gasteiger partial charge in [0.1, 0.15) is 0 Å². The van der Waals surface area contributed by atoms with Gasteiger partial charge in [0, 0.05) is 23.3 Å². The van der Waals surface area contributed by atoms with Gasteiger partial charge in [-0.3, -0.25) is 4.68 Å². The molecule has 1 unspecified atom stereocenters. The van der Waals surface area contributed by atoms with Crippen molar-refractivity contribution < 1.29 is 9.90 Å². The molecule has 106 valence electrons. The Bertz CT molecular complexity index is 584. The van der Waals surface area contributed by atoms with Gasteiger partial charge in [-0.2, -0.15) is 5.10 Å². The Morgan fingerprint density at radius 1 is 1.50 bits per heavy atom. The zero-order valence-corrected chi connectivity index (χ0v) is 12.2. The number of anilines is 1. The Balaban J connectivity index is 2.18. The van der Waals surface area contributed by atoms with Crippen LogP contribution in [0.15, 0.2) is 41.6 Å². The highest BCUT2D eigenvalue weighted by atomic mass is 32.2. The fraction of sp³-hybridized carbons (Fsp3) is 0.286. The molecule has 0 saturated carbocycles. The van der Waals surface area contributed by atoms with Gasteiger partial charge in [0.25, 0.3) is 0 Å². The first-order valence-corrected chi connectivity index (χ1v) is 7.48. The van der Waals surface area contributed by atoms with Crippen molar-refractivity contribution in [2.24, 2.45) is 0 Å². The summed E-state index contributed by atoms with van der Waals surface area (Å²) in [6.45, 7) is 2.68. The molecule has 0 radical (unpaired) electrons. The number of aromatic nitrogens is 2. The molecule has 0 spiro atoms. The van der Waals surface area contributed by atoms with Crippen LogP contribution in [-0.4, -0.2) is 33.2 Å². The average Bonchev–Trinajstić information content (AvgIpc) is 2.90. The van der Waals surface area contributed by atoms with Crippen LogP contribution in [0.25, 0.3) is 0 Å². The number of rotatable bonds is 6. The summed E-state index contributed by atoms with van der Waals surface area (Å²) in [5, 5.41) is 16.8. The molecule has 0 aliphatic carbocycles. The van der Waals surface area contributed by atoms with Crippen molar-refractivity contribution in [1.29, 1.82) is 0 Å². The molecular weight excluding hydrogens is 274 g/mol. The molecule has 2 aromatic rings. The summed E-state index contributed by atoms with van der Waals surface area (Å²) in [4.78, 5) is 12.2. The molecule has 0 fully saturated rings. The maximum absolute atomic E-state index is 11.4. The highest BCUT2D eigenvalue weighted by molar-refractivity contribution is 7.98. The van der Waals surface area contributed by atoms with Gasteiger partial charge in [0.15, 0.2) is 0 Å². The quantitative estimate of drug-likeness (QED) is 0.801. The predicted octanol–water partition coefficient (Wildman–Crippen LogP) is 2.80. The van der Waals surface area contributed by atoms with Gasteiger partial charge in [0.2, 0.25) is 0 Å². The van der Waals surface area contributed by atoms with E-state index in [0.29, 0.717) is 17.8 Å². The molecule has 1 aromatic carbocycles. The molecule has 0 saturated heterocycles. The molecule has 1 heterocycles. The lowest BCUT2D eigenvalue weighted by molar-refractivity contribution is 0.0694. The molecule has 6 heteroatoms. The molecule has 2 N–H and O–H groups in total. The predicted molar refractivity (Wildman–Crippen MR) is 80.5 cm³/mol. The molecule has 0 aliphatic rings. The summed E-state index contributed by atoms with van der Waals surface area (Å²) in [7, 11) is 0. The maximum atomic E-state index is 11.4. The topological polar surface area (TPSA) is 67.2 Å². The molecule has 0 aliphatic heterocycles. The van der Waals surface area contributed by atoms with E-state index in [1.54, 1.807) is 12.3 Å². The zero-order valence-electron chi connectivity index (χ0n) is 11.4. The van der Waals surface area contributed by atoms with Gasteiger partial charge < -0.3 is 10.4 Å². The number of nitrogens with one attached hydrogen (secondary N) is 1. The van der Waals surface area contributed by atoms with Crippen LogP contribution in [0.2, 0.25) is 0 Å². The molecular formula is C14H17N3O2S. The summed E-state index contributed by atoms with van der Waals surface area (Å²) in [5.74, 6) is -0.913. The summed E-state index contributed by atoms with van der Waals surface area (Å²) in [6, 6.07) is 7.41. The van der Waals surface area contributed by atoms with Crippen molar-refractivity contribution in [3.05, 3.63) is 42.2 Å². The van der Waals surface area contributed by atoms with Crippen LogP contribution in [0.4, 0.5) is 5.69 Å². The van der Waals surface area contributed by atoms with Gasteiger partial charge in [-0.05, 0) is 31.4 Å². The van der Waals surface area contributed by atoms with E-state index < -0.39 is 5.97 Å². The Labute approximate surface area is 122 Å². The van der Waals surface area contributed by atoms with Crippen molar-refractivity contribution in [2.75, 3.05) is 11.6 Å². The second kappa shape index (κ2) is 6.47. The second-order valence-corrected chi connectivity index (χ2v) is 5.31. The number of carboxylic acid groups (broad SMARTS) is 1. The van der Waals surface area contributed by atoms with Crippen LogP contribution in [-0.2, 0) is 6.54 Å². The molecule has 0 bridgehead atoms. The highest BCUT2D eigenvalue weighted by Gasteiger charge is 2.16. The minimum Gasteiger partial charge on any atom is -0.478 e. The van der Waals surface area contributed by atoms with Crippen LogP contribution in [0.1, 0.15) is 17.3 Å².